The number of hydrogen-bond acceptors (Lipinski definition) is 6. The Morgan fingerprint density at radius 3 is 2.55 bits per heavy atom. The molecule has 1 aliphatic rings. The summed E-state index contributed by atoms with van der Waals surface area (Å²) < 4.78 is 33.4. The fourth-order valence-corrected chi connectivity index (χ4v) is 4.91. The van der Waals surface area contributed by atoms with Crippen LogP contribution in [-0.4, -0.2) is 41.9 Å². The van der Waals surface area contributed by atoms with Crippen LogP contribution in [0.15, 0.2) is 33.6 Å². The van der Waals surface area contributed by atoms with Gasteiger partial charge in [-0.05, 0) is 42.5 Å². The fourth-order valence-electron chi connectivity index (χ4n) is 3.38. The van der Waals surface area contributed by atoms with Gasteiger partial charge in [-0.3, -0.25) is 4.79 Å². The molecule has 0 radical (unpaired) electrons. The van der Waals surface area contributed by atoms with Crippen LogP contribution in [0.2, 0.25) is 0 Å². The molecule has 0 bridgehead atoms. The van der Waals surface area contributed by atoms with E-state index in [2.05, 4.69) is 36.3 Å². The summed E-state index contributed by atoms with van der Waals surface area (Å²) >= 11 is 0. The van der Waals surface area contributed by atoms with E-state index < -0.39 is 10.0 Å². The molecule has 1 aliphatic heterocycles. The number of carbonyl (C=O) groups is 1. The van der Waals surface area contributed by atoms with Crippen LogP contribution >= 0.6 is 0 Å². The summed E-state index contributed by atoms with van der Waals surface area (Å²) in [7, 11) is -3.64. The third-order valence-electron chi connectivity index (χ3n) is 4.71. The van der Waals surface area contributed by atoms with Crippen LogP contribution in [0.3, 0.4) is 0 Å². The molecule has 1 N–H and O–H groups in total. The van der Waals surface area contributed by atoms with Crippen molar-refractivity contribution >= 4 is 21.6 Å². The number of piperidine rings is 1. The van der Waals surface area contributed by atoms with E-state index in [0.717, 1.165) is 12.8 Å². The summed E-state index contributed by atoms with van der Waals surface area (Å²) in [6.45, 7) is 8.47. The lowest BCUT2D eigenvalue weighted by atomic mass is 9.92. The lowest BCUT2D eigenvalue weighted by Crippen LogP contribution is -2.39. The molecular formula is C20H28N4O4S. The van der Waals surface area contributed by atoms with E-state index in [4.69, 9.17) is 4.42 Å². The van der Waals surface area contributed by atoms with Crippen molar-refractivity contribution in [3.05, 3.63) is 36.0 Å². The molecule has 1 saturated heterocycles. The van der Waals surface area contributed by atoms with Crippen LogP contribution in [0, 0.1) is 5.41 Å². The molecule has 158 valence electrons. The Morgan fingerprint density at radius 1 is 1.24 bits per heavy atom. The summed E-state index contributed by atoms with van der Waals surface area (Å²) in [5.41, 5.74) is 0.597. The van der Waals surface area contributed by atoms with Gasteiger partial charge in [0, 0.05) is 32.1 Å². The molecule has 2 heterocycles. The number of aromatic nitrogens is 2. The second-order valence-electron chi connectivity index (χ2n) is 8.68. The highest BCUT2D eigenvalue weighted by Crippen LogP contribution is 2.31. The van der Waals surface area contributed by atoms with Crippen LogP contribution in [0.4, 0.5) is 5.69 Å². The summed E-state index contributed by atoms with van der Waals surface area (Å²) in [4.78, 5) is 11.3. The van der Waals surface area contributed by atoms with Gasteiger partial charge in [0.2, 0.25) is 27.7 Å². The van der Waals surface area contributed by atoms with Gasteiger partial charge in [0.25, 0.3) is 0 Å². The number of nitrogens with one attached hydrogen (secondary N) is 1. The molecule has 1 amide bonds. The standard InChI is InChI=1S/C20H28N4O4S/c1-14(25)21-16-7-9-17(10-8-16)29(26,27)24-11-5-6-15(13-24)19-23-22-18(28-19)12-20(2,3)4/h7-10,15H,5-6,11-13H2,1-4H3,(H,21,25). The van der Waals surface area contributed by atoms with Crippen molar-refractivity contribution in [2.75, 3.05) is 18.4 Å². The Hall–Kier alpha value is -2.26. The maximum Gasteiger partial charge on any atom is 0.243 e. The first-order valence-electron chi connectivity index (χ1n) is 9.75. The average Bonchev–Trinajstić information content (AvgIpc) is 3.08. The predicted octanol–water partition coefficient (Wildman–Crippen LogP) is 3.18. The number of hydrogen-bond donors (Lipinski definition) is 1. The van der Waals surface area contributed by atoms with Gasteiger partial charge in [-0.2, -0.15) is 4.31 Å². The topological polar surface area (TPSA) is 105 Å². The van der Waals surface area contributed by atoms with Gasteiger partial charge >= 0.3 is 0 Å². The smallest absolute Gasteiger partial charge is 0.243 e. The normalized spacial score (nSPS) is 18.6. The summed E-state index contributed by atoms with van der Waals surface area (Å²) in [5, 5.41) is 10.9. The van der Waals surface area contributed by atoms with Gasteiger partial charge in [-0.25, -0.2) is 8.42 Å². The number of benzene rings is 1. The molecule has 1 aromatic heterocycles. The van der Waals surface area contributed by atoms with Crippen LogP contribution in [-0.2, 0) is 21.2 Å². The zero-order chi connectivity index (χ0) is 21.2. The average molecular weight is 421 g/mol. The number of sulfonamides is 1. The van der Waals surface area contributed by atoms with Crippen molar-refractivity contribution in [2.45, 2.75) is 57.8 Å². The number of carbonyl (C=O) groups excluding carboxylic acids is 1. The van der Waals surface area contributed by atoms with Crippen molar-refractivity contribution < 1.29 is 17.6 Å². The van der Waals surface area contributed by atoms with Crippen molar-refractivity contribution in [1.82, 2.24) is 14.5 Å². The van der Waals surface area contributed by atoms with Crippen molar-refractivity contribution in [1.29, 1.82) is 0 Å². The van der Waals surface area contributed by atoms with Gasteiger partial charge in [-0.15, -0.1) is 10.2 Å². The van der Waals surface area contributed by atoms with Gasteiger partial charge in [0.1, 0.15) is 0 Å². The molecule has 0 spiro atoms. The molecule has 2 aromatic rings. The lowest BCUT2D eigenvalue weighted by molar-refractivity contribution is -0.114. The monoisotopic (exact) mass is 420 g/mol. The zero-order valence-electron chi connectivity index (χ0n) is 17.3. The van der Waals surface area contributed by atoms with Crippen LogP contribution in [0.1, 0.15) is 58.2 Å². The molecule has 8 nitrogen and oxygen atoms in total. The van der Waals surface area contributed by atoms with E-state index in [1.807, 2.05) is 0 Å². The first-order valence-corrected chi connectivity index (χ1v) is 11.2. The number of nitrogens with zero attached hydrogens (tertiary/aromatic N) is 3. The second kappa shape index (κ2) is 8.23. The molecule has 29 heavy (non-hydrogen) atoms. The minimum atomic E-state index is -3.64. The Bertz CT molecular complexity index is 961. The van der Waals surface area contributed by atoms with Crippen molar-refractivity contribution in [3.63, 3.8) is 0 Å². The minimum absolute atomic E-state index is 0.0369. The molecular weight excluding hydrogens is 392 g/mol. The first-order chi connectivity index (χ1) is 13.5. The largest absolute Gasteiger partial charge is 0.425 e. The van der Waals surface area contributed by atoms with E-state index >= 15 is 0 Å². The molecule has 3 rings (SSSR count). The minimum Gasteiger partial charge on any atom is -0.425 e. The molecule has 9 heteroatoms. The molecule has 1 fully saturated rings. The highest BCUT2D eigenvalue weighted by Gasteiger charge is 2.33. The maximum absolute atomic E-state index is 13.1. The van der Waals surface area contributed by atoms with E-state index in [1.54, 1.807) is 12.1 Å². The fraction of sp³-hybridized carbons (Fsp3) is 0.550. The number of amides is 1. The first kappa shape index (κ1) is 21.4. The van der Waals surface area contributed by atoms with Gasteiger partial charge in [0.05, 0.1) is 10.8 Å². The Morgan fingerprint density at radius 2 is 1.93 bits per heavy atom. The van der Waals surface area contributed by atoms with Crippen LogP contribution < -0.4 is 5.32 Å². The molecule has 1 atom stereocenters. The number of anilines is 1. The second-order valence-corrected chi connectivity index (χ2v) is 10.6. The Balaban J connectivity index is 1.73. The van der Waals surface area contributed by atoms with Crippen molar-refractivity contribution in [3.8, 4) is 0 Å². The van der Waals surface area contributed by atoms with Crippen molar-refractivity contribution in [2.24, 2.45) is 5.41 Å². The third kappa shape index (κ3) is 5.42. The summed E-state index contributed by atoms with van der Waals surface area (Å²) in [5.74, 6) is 0.773. The quantitative estimate of drug-likeness (QED) is 0.796. The molecule has 0 saturated carbocycles. The molecule has 0 aliphatic carbocycles. The van der Waals surface area contributed by atoms with Gasteiger partial charge in [-0.1, -0.05) is 20.8 Å². The summed E-state index contributed by atoms with van der Waals surface area (Å²) in [6, 6.07) is 6.20. The highest BCUT2D eigenvalue weighted by molar-refractivity contribution is 7.89. The van der Waals surface area contributed by atoms with Crippen LogP contribution in [0.25, 0.3) is 0 Å². The highest BCUT2D eigenvalue weighted by atomic mass is 32.2. The lowest BCUT2D eigenvalue weighted by Gasteiger charge is -2.30. The maximum atomic E-state index is 13.1. The van der Waals surface area contributed by atoms with E-state index in [9.17, 15) is 13.2 Å². The third-order valence-corrected chi connectivity index (χ3v) is 6.59. The van der Waals surface area contributed by atoms with E-state index in [-0.39, 0.29) is 22.1 Å². The SMILES string of the molecule is CC(=O)Nc1ccc(S(=O)(=O)N2CCCC(c3nnc(CC(C)(C)C)o3)C2)cc1. The van der Waals surface area contributed by atoms with E-state index in [0.29, 0.717) is 37.0 Å². The Kier molecular flexibility index (Phi) is 6.09. The van der Waals surface area contributed by atoms with E-state index in [1.165, 1.54) is 23.4 Å². The summed E-state index contributed by atoms with van der Waals surface area (Å²) in [6.07, 6.45) is 2.21. The van der Waals surface area contributed by atoms with Gasteiger partial charge < -0.3 is 9.73 Å². The predicted molar refractivity (Wildman–Crippen MR) is 109 cm³/mol. The number of rotatable bonds is 5. The van der Waals surface area contributed by atoms with Gasteiger partial charge in [0.15, 0.2) is 0 Å². The Labute approximate surface area is 171 Å². The molecule has 1 unspecified atom stereocenters. The van der Waals surface area contributed by atoms with Crippen LogP contribution in [0.5, 0.6) is 0 Å². The zero-order valence-corrected chi connectivity index (χ0v) is 18.1. The molecule has 1 aromatic carbocycles.